The minimum Gasteiger partial charge on any atom is -0.439 e. The lowest BCUT2D eigenvalue weighted by Crippen LogP contribution is -2.36. The predicted molar refractivity (Wildman–Crippen MR) is 110 cm³/mol. The van der Waals surface area contributed by atoms with E-state index in [9.17, 15) is 4.79 Å². The van der Waals surface area contributed by atoms with Crippen LogP contribution in [0.4, 0.5) is 5.69 Å². The van der Waals surface area contributed by atoms with Crippen molar-refractivity contribution < 1.29 is 9.53 Å². The third-order valence-electron chi connectivity index (χ3n) is 3.01. The smallest absolute Gasteiger partial charge is 0.241 e. The Morgan fingerprint density at radius 3 is 2.52 bits per heavy atom. The van der Waals surface area contributed by atoms with E-state index in [1.807, 2.05) is 6.26 Å². The van der Waals surface area contributed by atoms with Gasteiger partial charge in [0.2, 0.25) is 11.8 Å². The second kappa shape index (κ2) is 12.2. The molecule has 0 fully saturated rings. The normalized spacial score (nSPS) is 10.8. The number of amides is 1. The van der Waals surface area contributed by atoms with Crippen LogP contribution in [-0.4, -0.2) is 28.9 Å². The molecule has 2 aromatic rings. The molecule has 25 heavy (non-hydrogen) atoms. The molecule has 138 valence electrons. The summed E-state index contributed by atoms with van der Waals surface area (Å²) in [6.45, 7) is 0. The number of nitrogens with two attached hydrogens (primary N) is 1. The van der Waals surface area contributed by atoms with Crippen molar-refractivity contribution in [1.82, 2.24) is 4.98 Å². The molecule has 3 N–H and O–H groups in total. The molecule has 0 radical (unpaired) electrons. The standard InChI is InChI=1S/C16H18ClN3O2S.2ClH/c1-23-9-8-14(18)16(21)20-12-3-5-13(6-4-12)22-15-7-2-11(17)10-19-15;;/h2-7,10,14H,8-9,18H2,1H3,(H,20,21);2*1H/t14-;;/m0../s1. The minimum absolute atomic E-state index is 0. The average molecular weight is 425 g/mol. The van der Waals surface area contributed by atoms with Crippen LogP contribution in [0.2, 0.25) is 5.02 Å². The topological polar surface area (TPSA) is 77.2 Å². The van der Waals surface area contributed by atoms with Crippen molar-refractivity contribution in [3.05, 3.63) is 47.6 Å². The maximum absolute atomic E-state index is 11.9. The first-order chi connectivity index (χ1) is 11.1. The van der Waals surface area contributed by atoms with Crippen LogP contribution in [-0.2, 0) is 4.79 Å². The summed E-state index contributed by atoms with van der Waals surface area (Å²) < 4.78 is 5.58. The molecule has 0 unspecified atom stereocenters. The Kier molecular flexibility index (Phi) is 11.6. The fourth-order valence-electron chi connectivity index (χ4n) is 1.76. The number of pyridine rings is 1. The lowest BCUT2D eigenvalue weighted by atomic mass is 10.2. The molecule has 1 aromatic carbocycles. The van der Waals surface area contributed by atoms with E-state index in [1.54, 1.807) is 48.2 Å². The van der Waals surface area contributed by atoms with Crippen LogP contribution in [0.15, 0.2) is 42.6 Å². The van der Waals surface area contributed by atoms with Crippen LogP contribution < -0.4 is 15.8 Å². The van der Waals surface area contributed by atoms with Crippen molar-refractivity contribution in [2.24, 2.45) is 5.73 Å². The Balaban J connectivity index is 0.00000288. The van der Waals surface area contributed by atoms with Gasteiger partial charge in [-0.05, 0) is 48.8 Å². The average Bonchev–Trinajstić information content (AvgIpc) is 2.56. The Hall–Kier alpha value is -1.18. The first-order valence-electron chi connectivity index (χ1n) is 7.03. The van der Waals surface area contributed by atoms with Gasteiger partial charge in [0, 0.05) is 18.0 Å². The maximum atomic E-state index is 11.9. The number of nitrogens with one attached hydrogen (secondary N) is 1. The molecule has 9 heteroatoms. The highest BCUT2D eigenvalue weighted by Crippen LogP contribution is 2.22. The molecule has 0 saturated carbocycles. The molecule has 1 amide bonds. The molecule has 0 aliphatic heterocycles. The predicted octanol–water partition coefficient (Wildman–Crippen LogP) is 4.39. The number of aromatic nitrogens is 1. The summed E-state index contributed by atoms with van der Waals surface area (Å²) in [6, 6.07) is 9.89. The number of anilines is 1. The lowest BCUT2D eigenvalue weighted by molar-refractivity contribution is -0.117. The molecular weight excluding hydrogens is 405 g/mol. The van der Waals surface area contributed by atoms with Gasteiger partial charge in [0.15, 0.2) is 0 Å². The molecular formula is C16H20Cl3N3O2S. The number of ether oxygens (including phenoxy) is 1. The molecule has 1 heterocycles. The number of benzene rings is 1. The van der Waals surface area contributed by atoms with Gasteiger partial charge in [0.25, 0.3) is 0 Å². The van der Waals surface area contributed by atoms with E-state index in [2.05, 4.69) is 10.3 Å². The summed E-state index contributed by atoms with van der Waals surface area (Å²) in [5.41, 5.74) is 6.50. The zero-order valence-electron chi connectivity index (χ0n) is 13.5. The van der Waals surface area contributed by atoms with E-state index in [4.69, 9.17) is 22.1 Å². The molecule has 0 aliphatic rings. The van der Waals surface area contributed by atoms with Crippen LogP contribution in [0, 0.1) is 0 Å². The summed E-state index contributed by atoms with van der Waals surface area (Å²) in [4.78, 5) is 16.0. The summed E-state index contributed by atoms with van der Waals surface area (Å²) in [7, 11) is 0. The zero-order chi connectivity index (χ0) is 16.7. The van der Waals surface area contributed by atoms with Crippen LogP contribution in [0.5, 0.6) is 11.6 Å². The SMILES string of the molecule is CSCC[C@H](N)C(=O)Nc1ccc(Oc2ccc(Cl)cn2)cc1.Cl.Cl. The van der Waals surface area contributed by atoms with Crippen molar-refractivity contribution in [3.63, 3.8) is 0 Å². The minimum atomic E-state index is -0.503. The van der Waals surface area contributed by atoms with E-state index in [1.165, 1.54) is 6.20 Å². The van der Waals surface area contributed by atoms with Gasteiger partial charge in [-0.3, -0.25) is 4.79 Å². The van der Waals surface area contributed by atoms with Crippen molar-refractivity contribution in [3.8, 4) is 11.6 Å². The number of carbonyl (C=O) groups excluding carboxylic acids is 1. The molecule has 0 spiro atoms. The number of hydrogen-bond donors (Lipinski definition) is 2. The number of nitrogens with zero attached hydrogens (tertiary/aromatic N) is 1. The molecule has 0 aliphatic carbocycles. The van der Waals surface area contributed by atoms with Crippen LogP contribution in [0.25, 0.3) is 0 Å². The molecule has 0 bridgehead atoms. The van der Waals surface area contributed by atoms with Crippen molar-refractivity contribution in [2.75, 3.05) is 17.3 Å². The van der Waals surface area contributed by atoms with E-state index >= 15 is 0 Å². The van der Waals surface area contributed by atoms with E-state index in [0.717, 1.165) is 5.75 Å². The molecule has 1 aromatic heterocycles. The molecule has 5 nitrogen and oxygen atoms in total. The largest absolute Gasteiger partial charge is 0.439 e. The van der Waals surface area contributed by atoms with E-state index in [0.29, 0.717) is 28.8 Å². The highest BCUT2D eigenvalue weighted by atomic mass is 35.5. The van der Waals surface area contributed by atoms with Gasteiger partial charge in [-0.25, -0.2) is 4.98 Å². The van der Waals surface area contributed by atoms with Gasteiger partial charge in [-0.1, -0.05) is 11.6 Å². The highest BCUT2D eigenvalue weighted by Gasteiger charge is 2.12. The van der Waals surface area contributed by atoms with Crippen LogP contribution in [0.3, 0.4) is 0 Å². The summed E-state index contributed by atoms with van der Waals surface area (Å²) >= 11 is 7.44. The quantitative estimate of drug-likeness (QED) is 0.689. The summed E-state index contributed by atoms with van der Waals surface area (Å²) in [6.07, 6.45) is 4.15. The monoisotopic (exact) mass is 423 g/mol. The van der Waals surface area contributed by atoms with E-state index < -0.39 is 6.04 Å². The summed E-state index contributed by atoms with van der Waals surface area (Å²) in [5.74, 6) is 1.73. The number of carbonyl (C=O) groups is 1. The fraction of sp³-hybridized carbons (Fsp3) is 0.250. The van der Waals surface area contributed by atoms with Crippen molar-refractivity contribution in [2.45, 2.75) is 12.5 Å². The van der Waals surface area contributed by atoms with Crippen LogP contribution >= 0.6 is 48.2 Å². The fourth-order valence-corrected chi connectivity index (χ4v) is 2.36. The second-order valence-corrected chi connectivity index (χ2v) is 6.24. The Morgan fingerprint density at radius 1 is 1.28 bits per heavy atom. The number of halogens is 3. The van der Waals surface area contributed by atoms with E-state index in [-0.39, 0.29) is 30.7 Å². The van der Waals surface area contributed by atoms with Crippen molar-refractivity contribution in [1.29, 1.82) is 0 Å². The number of thioether (sulfide) groups is 1. The number of hydrogen-bond acceptors (Lipinski definition) is 5. The second-order valence-electron chi connectivity index (χ2n) is 4.82. The first kappa shape index (κ1) is 23.8. The van der Waals surface area contributed by atoms with Crippen LogP contribution in [0.1, 0.15) is 6.42 Å². The highest BCUT2D eigenvalue weighted by molar-refractivity contribution is 7.98. The third kappa shape index (κ3) is 8.16. The van der Waals surface area contributed by atoms with Gasteiger partial charge < -0.3 is 15.8 Å². The third-order valence-corrected chi connectivity index (χ3v) is 3.88. The molecule has 0 saturated heterocycles. The van der Waals surface area contributed by atoms with Gasteiger partial charge in [-0.15, -0.1) is 24.8 Å². The number of rotatable bonds is 7. The first-order valence-corrected chi connectivity index (χ1v) is 8.80. The molecule has 1 atom stereocenters. The Bertz CT molecular complexity index is 642. The maximum Gasteiger partial charge on any atom is 0.241 e. The van der Waals surface area contributed by atoms with Gasteiger partial charge in [0.05, 0.1) is 11.1 Å². The summed E-state index contributed by atoms with van der Waals surface area (Å²) in [5, 5.41) is 3.34. The molecule has 2 rings (SSSR count). The van der Waals surface area contributed by atoms with Crippen molar-refractivity contribution >= 4 is 59.8 Å². The Labute approximate surface area is 168 Å². The zero-order valence-corrected chi connectivity index (χ0v) is 16.7. The Morgan fingerprint density at radius 2 is 1.96 bits per heavy atom. The van der Waals surface area contributed by atoms with Gasteiger partial charge in [0.1, 0.15) is 5.75 Å². The van der Waals surface area contributed by atoms with Gasteiger partial charge in [-0.2, -0.15) is 11.8 Å². The lowest BCUT2D eigenvalue weighted by Gasteiger charge is -2.12. The van der Waals surface area contributed by atoms with Gasteiger partial charge >= 0.3 is 0 Å².